The first-order valence-corrected chi connectivity index (χ1v) is 9.03. The van der Waals surface area contributed by atoms with Gasteiger partial charge >= 0.3 is 5.69 Å². The molecule has 0 atom stereocenters. The summed E-state index contributed by atoms with van der Waals surface area (Å²) >= 11 is 0. The van der Waals surface area contributed by atoms with E-state index in [1.807, 2.05) is 24.3 Å². The number of H-pyrrole nitrogens is 1. The first-order chi connectivity index (χ1) is 13.2. The quantitative estimate of drug-likeness (QED) is 0.708. The van der Waals surface area contributed by atoms with Gasteiger partial charge < -0.3 is 5.32 Å². The maximum absolute atomic E-state index is 11.8. The molecule has 2 N–H and O–H groups in total. The number of aromatic amines is 1. The van der Waals surface area contributed by atoms with Crippen LogP contribution in [0, 0.1) is 0 Å². The number of allylic oxidation sites excluding steroid dienone is 6. The summed E-state index contributed by atoms with van der Waals surface area (Å²) < 4.78 is 0. The van der Waals surface area contributed by atoms with Crippen molar-refractivity contribution in [3.63, 3.8) is 0 Å². The molecule has 0 radical (unpaired) electrons. The summed E-state index contributed by atoms with van der Waals surface area (Å²) in [6, 6.07) is 11.8. The Hall–Kier alpha value is -3.47. The molecular weight excluding hydrogens is 336 g/mol. The van der Waals surface area contributed by atoms with E-state index < -0.39 is 5.69 Å². The van der Waals surface area contributed by atoms with E-state index in [-0.39, 0.29) is 0 Å². The summed E-state index contributed by atoms with van der Waals surface area (Å²) in [7, 11) is 0. The van der Waals surface area contributed by atoms with Crippen LogP contribution >= 0.6 is 0 Å². The Balaban J connectivity index is 1.70. The summed E-state index contributed by atoms with van der Waals surface area (Å²) in [5, 5.41) is 4.07. The summed E-state index contributed by atoms with van der Waals surface area (Å²) in [6.07, 6.45) is 12.5. The van der Waals surface area contributed by atoms with Gasteiger partial charge in [-0.3, -0.25) is 4.98 Å². The predicted octanol–water partition coefficient (Wildman–Crippen LogP) is 4.74. The number of hydrogen-bond donors (Lipinski definition) is 2. The second-order valence-electron chi connectivity index (χ2n) is 6.39. The summed E-state index contributed by atoms with van der Waals surface area (Å²) in [4.78, 5) is 22.7. The number of aromatic nitrogens is 3. The number of pyridine rings is 1. The van der Waals surface area contributed by atoms with Crippen LogP contribution in [0.4, 0.5) is 11.5 Å². The molecule has 1 aliphatic carbocycles. The number of benzene rings is 1. The van der Waals surface area contributed by atoms with Gasteiger partial charge in [0.2, 0.25) is 0 Å². The largest absolute Gasteiger partial charge is 0.348 e. The molecule has 5 heteroatoms. The molecule has 1 aliphatic rings. The van der Waals surface area contributed by atoms with Gasteiger partial charge in [-0.05, 0) is 53.8 Å². The van der Waals surface area contributed by atoms with E-state index >= 15 is 0 Å². The van der Waals surface area contributed by atoms with Crippen molar-refractivity contribution in [3.05, 3.63) is 88.5 Å². The zero-order chi connectivity index (χ0) is 18.6. The summed E-state index contributed by atoms with van der Waals surface area (Å²) in [5.74, 6) is 0.593. The topological polar surface area (TPSA) is 70.7 Å². The highest BCUT2D eigenvalue weighted by molar-refractivity contribution is 5.88. The Morgan fingerprint density at radius 3 is 3.07 bits per heavy atom. The van der Waals surface area contributed by atoms with Crippen molar-refractivity contribution >= 4 is 28.1 Å². The second-order valence-corrected chi connectivity index (χ2v) is 6.39. The van der Waals surface area contributed by atoms with Crippen LogP contribution < -0.4 is 11.0 Å². The molecule has 2 aromatic heterocycles. The number of hydrogen-bond acceptors (Lipinski definition) is 4. The number of anilines is 2. The first-order valence-electron chi connectivity index (χ1n) is 9.03. The Labute approximate surface area is 157 Å². The summed E-state index contributed by atoms with van der Waals surface area (Å²) in [6.45, 7) is 2.15. The molecule has 0 bridgehead atoms. The minimum absolute atomic E-state index is 0.423. The fourth-order valence-corrected chi connectivity index (χ4v) is 3.21. The average Bonchev–Trinajstić information content (AvgIpc) is 2.69. The van der Waals surface area contributed by atoms with Crippen molar-refractivity contribution < 1.29 is 0 Å². The van der Waals surface area contributed by atoms with Gasteiger partial charge in [-0.2, -0.15) is 4.98 Å². The third-order valence-electron chi connectivity index (χ3n) is 4.42. The lowest BCUT2D eigenvalue weighted by atomic mass is 9.95. The second kappa shape index (κ2) is 7.41. The lowest BCUT2D eigenvalue weighted by Gasteiger charge is -2.13. The average molecular weight is 356 g/mol. The highest BCUT2D eigenvalue weighted by Gasteiger charge is 2.08. The predicted molar refractivity (Wildman–Crippen MR) is 110 cm³/mol. The van der Waals surface area contributed by atoms with Crippen LogP contribution in [0.1, 0.15) is 25.3 Å². The lowest BCUT2D eigenvalue weighted by Crippen LogP contribution is -2.13. The van der Waals surface area contributed by atoms with Crippen LogP contribution in [0.5, 0.6) is 0 Å². The number of rotatable bonds is 4. The van der Waals surface area contributed by atoms with E-state index in [1.165, 1.54) is 11.1 Å². The summed E-state index contributed by atoms with van der Waals surface area (Å²) in [5.41, 5.74) is 4.53. The lowest BCUT2D eigenvalue weighted by molar-refractivity contribution is 1.10. The molecule has 0 saturated heterocycles. The molecular formula is C22H20N4O. The van der Waals surface area contributed by atoms with E-state index in [9.17, 15) is 4.79 Å². The minimum Gasteiger partial charge on any atom is -0.341 e. The van der Waals surface area contributed by atoms with Crippen LogP contribution in [0.2, 0.25) is 0 Å². The Bertz CT molecular complexity index is 1140. The fourth-order valence-electron chi connectivity index (χ4n) is 3.21. The zero-order valence-electron chi connectivity index (χ0n) is 15.1. The number of fused-ring (bicyclic) bond motifs is 1. The van der Waals surface area contributed by atoms with Crippen molar-refractivity contribution in [1.82, 2.24) is 15.0 Å². The molecule has 0 amide bonds. The molecule has 0 spiro atoms. The first kappa shape index (κ1) is 17.0. The van der Waals surface area contributed by atoms with Crippen LogP contribution in [0.15, 0.2) is 77.3 Å². The van der Waals surface area contributed by atoms with E-state index in [0.29, 0.717) is 11.5 Å². The van der Waals surface area contributed by atoms with Gasteiger partial charge in [-0.15, -0.1) is 0 Å². The number of nitrogens with one attached hydrogen (secondary N) is 2. The molecule has 0 unspecified atom stereocenters. The highest BCUT2D eigenvalue weighted by atomic mass is 16.1. The zero-order valence-corrected chi connectivity index (χ0v) is 15.1. The Kier molecular flexibility index (Phi) is 4.66. The van der Waals surface area contributed by atoms with E-state index in [2.05, 4.69) is 63.6 Å². The smallest absolute Gasteiger partial charge is 0.341 e. The van der Waals surface area contributed by atoms with Crippen LogP contribution in [-0.4, -0.2) is 15.0 Å². The van der Waals surface area contributed by atoms with Crippen molar-refractivity contribution in [2.24, 2.45) is 0 Å². The van der Waals surface area contributed by atoms with Crippen LogP contribution in [0.25, 0.3) is 16.6 Å². The van der Waals surface area contributed by atoms with Gasteiger partial charge in [0.1, 0.15) is 5.82 Å². The molecule has 27 heavy (non-hydrogen) atoms. The molecule has 4 rings (SSSR count). The van der Waals surface area contributed by atoms with Gasteiger partial charge in [0, 0.05) is 11.9 Å². The molecule has 0 fully saturated rings. The van der Waals surface area contributed by atoms with Crippen molar-refractivity contribution in [2.45, 2.75) is 19.8 Å². The molecule has 3 aromatic rings. The van der Waals surface area contributed by atoms with Crippen molar-refractivity contribution in [1.29, 1.82) is 0 Å². The van der Waals surface area contributed by atoms with Gasteiger partial charge in [0.25, 0.3) is 0 Å². The fraction of sp³-hybridized carbons (Fsp3) is 0.136. The van der Waals surface area contributed by atoms with Gasteiger partial charge in [-0.25, -0.2) is 9.78 Å². The minimum atomic E-state index is -0.424. The monoisotopic (exact) mass is 356 g/mol. The third-order valence-corrected chi connectivity index (χ3v) is 4.42. The maximum Gasteiger partial charge on any atom is 0.348 e. The molecule has 5 nitrogen and oxygen atoms in total. The Morgan fingerprint density at radius 2 is 2.19 bits per heavy atom. The van der Waals surface area contributed by atoms with Crippen LogP contribution in [0.3, 0.4) is 0 Å². The van der Waals surface area contributed by atoms with E-state index in [4.69, 9.17) is 0 Å². The Morgan fingerprint density at radius 1 is 1.26 bits per heavy atom. The van der Waals surface area contributed by atoms with E-state index in [1.54, 1.807) is 6.20 Å². The number of nitrogens with zero attached hydrogens (tertiary/aromatic N) is 2. The maximum atomic E-state index is 11.8. The molecule has 2 heterocycles. The highest BCUT2D eigenvalue weighted by Crippen LogP contribution is 2.28. The van der Waals surface area contributed by atoms with Crippen molar-refractivity contribution in [3.8, 4) is 0 Å². The molecule has 0 aliphatic heterocycles. The van der Waals surface area contributed by atoms with Gasteiger partial charge in [0.15, 0.2) is 5.65 Å². The van der Waals surface area contributed by atoms with E-state index in [0.717, 1.165) is 29.5 Å². The van der Waals surface area contributed by atoms with Gasteiger partial charge in [0.05, 0.1) is 5.39 Å². The van der Waals surface area contributed by atoms with Gasteiger partial charge in [-0.1, -0.05) is 43.4 Å². The standard InChI is InChI=1S/C22H20N4O/c1-2-6-15-7-3-8-16(13-15)17-9-4-10-18(14-17)24-21-19-11-5-12-23-20(19)25-22(27)26-21/h3-6,8-14H,2,7H2,1H3,(H2,23,24,25,26,27). The SMILES string of the molecule is CCC=C1C=C(c2cccc(Nc3[nH]c(=O)nc4ncccc34)c2)C=CC1. The third kappa shape index (κ3) is 3.72. The molecule has 1 aromatic carbocycles. The van der Waals surface area contributed by atoms with Crippen LogP contribution in [-0.2, 0) is 0 Å². The normalized spacial score (nSPS) is 15.1. The van der Waals surface area contributed by atoms with Crippen molar-refractivity contribution in [2.75, 3.05) is 5.32 Å². The molecule has 0 saturated carbocycles. The molecule has 134 valence electrons.